The second kappa shape index (κ2) is 18.2. The van der Waals surface area contributed by atoms with Gasteiger partial charge in [0.2, 0.25) is 12.0 Å². The molecule has 4 aliphatic rings. The lowest BCUT2D eigenvalue weighted by Crippen LogP contribution is -2.82. The average Bonchev–Trinajstić information content (AvgIpc) is 3.28. The Labute approximate surface area is 380 Å². The van der Waals surface area contributed by atoms with Gasteiger partial charge in [0.25, 0.3) is 0 Å². The van der Waals surface area contributed by atoms with Crippen LogP contribution in [0.15, 0.2) is 102 Å². The number of carbonyl (C=O) groups is 7. The van der Waals surface area contributed by atoms with E-state index in [4.69, 9.17) is 34.2 Å². The molecule has 5 N–H and O–H groups in total. The number of esters is 5. The first-order valence-electron chi connectivity index (χ1n) is 21.6. The van der Waals surface area contributed by atoms with Crippen LogP contribution in [0, 0.1) is 16.7 Å². The molecule has 3 aromatic rings. The molecule has 3 aromatic carbocycles. The maximum atomic E-state index is 15.6. The third-order valence-electron chi connectivity index (χ3n) is 13.9. The highest BCUT2D eigenvalue weighted by Gasteiger charge is 2.78. The van der Waals surface area contributed by atoms with E-state index in [-0.39, 0.29) is 35.3 Å². The lowest BCUT2D eigenvalue weighted by Gasteiger charge is -2.67. The minimum Gasteiger partial charge on any atom is -0.455 e. The lowest BCUT2D eigenvalue weighted by molar-refractivity contribution is -0.346. The first-order chi connectivity index (χ1) is 31.2. The smallest absolute Gasteiger partial charge is 0.350 e. The number of amides is 1. The van der Waals surface area contributed by atoms with Gasteiger partial charge < -0.3 is 49.7 Å². The molecular formula is C49H54N2O15. The van der Waals surface area contributed by atoms with Crippen LogP contribution in [0.5, 0.6) is 0 Å². The van der Waals surface area contributed by atoms with Gasteiger partial charge in [-0.3, -0.25) is 19.2 Å². The molecule has 1 heterocycles. The predicted molar refractivity (Wildman–Crippen MR) is 231 cm³/mol. The number of aliphatic hydroxyl groups excluding tert-OH is 1. The Hall–Kier alpha value is -6.27. The molecule has 2 saturated carbocycles. The van der Waals surface area contributed by atoms with Crippen molar-refractivity contribution >= 4 is 41.5 Å². The highest BCUT2D eigenvalue weighted by molar-refractivity contribution is 5.96. The van der Waals surface area contributed by atoms with Crippen molar-refractivity contribution in [3.05, 3.63) is 119 Å². The van der Waals surface area contributed by atoms with Gasteiger partial charge in [-0.05, 0) is 54.8 Å². The van der Waals surface area contributed by atoms with E-state index >= 15 is 4.79 Å². The predicted octanol–water partition coefficient (Wildman–Crippen LogP) is 3.25. The second-order valence-corrected chi connectivity index (χ2v) is 18.0. The average molecular weight is 911 g/mol. The van der Waals surface area contributed by atoms with Crippen LogP contribution in [0.25, 0.3) is 0 Å². The Morgan fingerprint density at radius 1 is 0.833 bits per heavy atom. The summed E-state index contributed by atoms with van der Waals surface area (Å²) in [6.07, 6.45) is -10.7. The van der Waals surface area contributed by atoms with Gasteiger partial charge in [-0.15, -0.1) is 0 Å². The lowest BCUT2D eigenvalue weighted by atomic mass is 9.44. The van der Waals surface area contributed by atoms with Gasteiger partial charge in [0.1, 0.15) is 30.0 Å². The van der Waals surface area contributed by atoms with Crippen molar-refractivity contribution in [3.8, 4) is 0 Å². The minimum atomic E-state index is -2.45. The van der Waals surface area contributed by atoms with E-state index in [2.05, 4.69) is 5.32 Å². The number of rotatable bonds is 12. The van der Waals surface area contributed by atoms with Crippen LogP contribution in [0.4, 0.5) is 0 Å². The number of fused-ring (bicyclic) bond motifs is 5. The molecule has 1 aliphatic heterocycles. The van der Waals surface area contributed by atoms with E-state index in [0.29, 0.717) is 5.56 Å². The van der Waals surface area contributed by atoms with E-state index in [1.165, 1.54) is 38.1 Å². The third-order valence-corrected chi connectivity index (χ3v) is 13.9. The van der Waals surface area contributed by atoms with Crippen LogP contribution < -0.4 is 11.1 Å². The molecule has 17 heteroatoms. The van der Waals surface area contributed by atoms with Gasteiger partial charge >= 0.3 is 29.8 Å². The van der Waals surface area contributed by atoms with Gasteiger partial charge in [0.05, 0.1) is 41.7 Å². The zero-order valence-corrected chi connectivity index (χ0v) is 37.4. The van der Waals surface area contributed by atoms with Crippen molar-refractivity contribution in [1.29, 1.82) is 0 Å². The van der Waals surface area contributed by atoms with Crippen molar-refractivity contribution < 1.29 is 72.2 Å². The minimum absolute atomic E-state index is 0.0377. The van der Waals surface area contributed by atoms with Crippen molar-refractivity contribution in [3.63, 3.8) is 0 Å². The number of ketones is 1. The van der Waals surface area contributed by atoms with Crippen LogP contribution >= 0.6 is 0 Å². The van der Waals surface area contributed by atoms with Crippen LogP contribution in [0.2, 0.25) is 0 Å². The molecule has 11 atom stereocenters. The molecule has 2 bridgehead atoms. The highest BCUT2D eigenvalue weighted by atomic mass is 16.6. The van der Waals surface area contributed by atoms with Crippen molar-refractivity contribution in [2.75, 3.05) is 13.2 Å². The zero-order chi connectivity index (χ0) is 47.9. The summed E-state index contributed by atoms with van der Waals surface area (Å²) in [5, 5.41) is 28.6. The summed E-state index contributed by atoms with van der Waals surface area (Å²) in [4.78, 5) is 97.9. The second-order valence-electron chi connectivity index (χ2n) is 18.0. The van der Waals surface area contributed by atoms with E-state index < -0.39 is 125 Å². The number of benzene rings is 3. The normalized spacial score (nSPS) is 30.5. The summed E-state index contributed by atoms with van der Waals surface area (Å²) in [6, 6.07) is 22.3. The fourth-order valence-corrected chi connectivity index (χ4v) is 10.5. The molecule has 1 unspecified atom stereocenters. The Bertz CT molecular complexity index is 2430. The molecule has 350 valence electrons. The summed E-state index contributed by atoms with van der Waals surface area (Å²) in [5.74, 6) is -8.04. The Balaban J connectivity index is 1.44. The molecule has 7 rings (SSSR count). The summed E-state index contributed by atoms with van der Waals surface area (Å²) in [7, 11) is 0. The Morgan fingerprint density at radius 2 is 1.41 bits per heavy atom. The van der Waals surface area contributed by atoms with E-state index in [0.717, 1.165) is 13.8 Å². The fraction of sp³-hybridized carbons (Fsp3) is 0.449. The Kier molecular flexibility index (Phi) is 13.1. The summed E-state index contributed by atoms with van der Waals surface area (Å²) in [6.45, 7) is 7.36. The summed E-state index contributed by atoms with van der Waals surface area (Å²) < 4.78 is 36.5. The molecule has 0 radical (unpaired) electrons. The molecule has 0 aromatic heterocycles. The van der Waals surface area contributed by atoms with Crippen LogP contribution in [-0.4, -0.2) is 113 Å². The number of hydrogen-bond donors (Lipinski definition) is 4. The number of carbonyl (C=O) groups excluding carboxylic acids is 7. The SMILES string of the molecule is CC(=O)O[C@H]1C(=O)[C@@]2(C)C([C@H](OC(=O)c3ccccc3)[C@]3(O)C[C@H](OC(=O)[C@H](OC(=O)c4ccccc4)[C@@H](NC(=O)CN)c4ccccc4)C(C)=C1C3(C)C)[C@]1(OC(C)=O)CO[C@@H]1C[C@@H]2O. The van der Waals surface area contributed by atoms with E-state index in [1.807, 2.05) is 0 Å². The Morgan fingerprint density at radius 3 is 1.94 bits per heavy atom. The van der Waals surface area contributed by atoms with Crippen molar-refractivity contribution in [2.45, 2.75) is 108 Å². The quantitative estimate of drug-likeness (QED) is 0.116. The maximum absolute atomic E-state index is 15.6. The van der Waals surface area contributed by atoms with Gasteiger partial charge in [0, 0.05) is 32.1 Å². The van der Waals surface area contributed by atoms with Crippen molar-refractivity contribution in [2.24, 2.45) is 22.5 Å². The van der Waals surface area contributed by atoms with Gasteiger partial charge in [-0.2, -0.15) is 0 Å². The van der Waals surface area contributed by atoms with Crippen molar-refractivity contribution in [1.82, 2.24) is 5.32 Å². The number of Topliss-reactive ketones (excluding diaryl/α,β-unsaturated/α-hetero) is 1. The standard InChI is InChI=1S/C49H54N2O15/c1-26-32(63-45(59)39(64-43(57)30-18-12-8-13-19-30)37(51-35(55)24-50)29-16-10-7-11-17-29)23-49(60)42(65-44(58)31-20-14-9-15-21-31)40-47(6,33(54)22-34-48(40,25-61-34)66-28(3)53)41(56)38(62-27(2)52)36(26)46(49,4)5/h7-21,32-34,37-40,42,54,60H,22-25,50H2,1-6H3,(H,51,55)/t32-,33-,34+,37-,38+,39+,40?,42-,47+,48-,49+/m0/s1. The highest BCUT2D eigenvalue weighted by Crippen LogP contribution is 2.64. The first kappa shape index (κ1) is 47.7. The number of hydrogen-bond acceptors (Lipinski definition) is 16. The third kappa shape index (κ3) is 8.18. The topological polar surface area (TPSA) is 253 Å². The molecule has 3 fully saturated rings. The van der Waals surface area contributed by atoms with Crippen LogP contribution in [-0.2, 0) is 52.4 Å². The molecule has 17 nitrogen and oxygen atoms in total. The monoisotopic (exact) mass is 910 g/mol. The van der Waals surface area contributed by atoms with E-state index in [1.54, 1.807) is 80.6 Å². The van der Waals surface area contributed by atoms with E-state index in [9.17, 15) is 39.0 Å². The molecule has 66 heavy (non-hydrogen) atoms. The number of aliphatic hydroxyl groups is 2. The largest absolute Gasteiger partial charge is 0.455 e. The van der Waals surface area contributed by atoms with Gasteiger partial charge in [-0.1, -0.05) is 80.6 Å². The molecular weight excluding hydrogens is 857 g/mol. The molecule has 1 saturated heterocycles. The number of nitrogens with one attached hydrogen (secondary N) is 1. The summed E-state index contributed by atoms with van der Waals surface area (Å²) in [5.41, 5.74) is -1.83. The molecule has 1 amide bonds. The molecule has 0 spiro atoms. The first-order valence-corrected chi connectivity index (χ1v) is 21.6. The van der Waals surface area contributed by atoms with Gasteiger partial charge in [-0.25, -0.2) is 14.4 Å². The number of nitrogens with two attached hydrogens (primary N) is 1. The van der Waals surface area contributed by atoms with Crippen LogP contribution in [0.1, 0.15) is 86.7 Å². The molecule has 3 aliphatic carbocycles. The summed E-state index contributed by atoms with van der Waals surface area (Å²) >= 11 is 0. The van der Waals surface area contributed by atoms with Crippen LogP contribution in [0.3, 0.4) is 0 Å². The van der Waals surface area contributed by atoms with Gasteiger partial charge in [0.15, 0.2) is 17.5 Å². The maximum Gasteiger partial charge on any atom is 0.350 e. The number of ether oxygens (including phenoxy) is 6. The zero-order valence-electron chi connectivity index (χ0n) is 37.4. The fourth-order valence-electron chi connectivity index (χ4n) is 10.5.